The van der Waals surface area contributed by atoms with Gasteiger partial charge in [-0.25, -0.2) is 0 Å². The van der Waals surface area contributed by atoms with E-state index in [2.05, 4.69) is 10.1 Å². The Kier molecular flexibility index (Phi) is 6.05. The number of anilines is 1. The van der Waals surface area contributed by atoms with Crippen molar-refractivity contribution in [1.29, 1.82) is 0 Å². The number of carbonyl (C=O) groups is 1. The van der Waals surface area contributed by atoms with Crippen molar-refractivity contribution in [3.05, 3.63) is 24.3 Å². The number of halogens is 2. The molecule has 0 bridgehead atoms. The van der Waals surface area contributed by atoms with Gasteiger partial charge in [-0.15, -0.1) is 0 Å². The Bertz CT molecular complexity index is 606. The lowest BCUT2D eigenvalue weighted by Crippen LogP contribution is -2.57. The van der Waals surface area contributed by atoms with Crippen LogP contribution in [0.2, 0.25) is 0 Å². The van der Waals surface area contributed by atoms with Crippen LogP contribution in [-0.2, 0) is 14.3 Å². The van der Waals surface area contributed by atoms with Crippen LogP contribution >= 0.6 is 0 Å². The molecule has 6 nitrogen and oxygen atoms in total. The van der Waals surface area contributed by atoms with Crippen LogP contribution in [0.25, 0.3) is 0 Å². The number of carbonyl (C=O) groups excluding carboxylic acids is 1. The standard InChI is InChI=1S/C18H24F2N2O4/c1-24-15-11-22(9-8-18(15)7-2-10-25-18)12-16(23)21-13-3-5-14(6-4-13)26-17(19)20/h3-6,15,17H,2,7-12H2,1H3,(H,21,23)/t15-,18+/m1/s1. The molecule has 0 aromatic heterocycles. The minimum Gasteiger partial charge on any atom is -0.435 e. The van der Waals surface area contributed by atoms with Gasteiger partial charge in [0.25, 0.3) is 0 Å². The second-order valence-corrected chi connectivity index (χ2v) is 6.68. The first-order chi connectivity index (χ1) is 12.5. The molecule has 0 radical (unpaired) electrons. The highest BCUT2D eigenvalue weighted by Gasteiger charge is 2.46. The number of ether oxygens (including phenoxy) is 3. The summed E-state index contributed by atoms with van der Waals surface area (Å²) in [6.07, 6.45) is 2.85. The van der Waals surface area contributed by atoms with Crippen LogP contribution in [0, 0.1) is 0 Å². The lowest BCUT2D eigenvalue weighted by atomic mass is 9.86. The van der Waals surface area contributed by atoms with E-state index in [1.54, 1.807) is 7.11 Å². The number of nitrogens with one attached hydrogen (secondary N) is 1. The summed E-state index contributed by atoms with van der Waals surface area (Å²) in [7, 11) is 1.68. The topological polar surface area (TPSA) is 60.0 Å². The van der Waals surface area contributed by atoms with Crippen LogP contribution in [0.3, 0.4) is 0 Å². The zero-order chi connectivity index (χ0) is 18.6. The van der Waals surface area contributed by atoms with Crippen LogP contribution in [0.1, 0.15) is 19.3 Å². The summed E-state index contributed by atoms with van der Waals surface area (Å²) in [4.78, 5) is 14.3. The minimum absolute atomic E-state index is 0.0441. The maximum absolute atomic E-state index is 12.3. The lowest BCUT2D eigenvalue weighted by Gasteiger charge is -2.44. The normalized spacial score (nSPS) is 26.4. The average molecular weight is 370 g/mol. The highest BCUT2D eigenvalue weighted by atomic mass is 19.3. The van der Waals surface area contributed by atoms with Gasteiger partial charge in [-0.2, -0.15) is 8.78 Å². The van der Waals surface area contributed by atoms with Gasteiger partial charge in [0.15, 0.2) is 0 Å². The van der Waals surface area contributed by atoms with E-state index in [9.17, 15) is 13.6 Å². The van der Waals surface area contributed by atoms with E-state index in [1.165, 1.54) is 24.3 Å². The number of rotatable bonds is 6. The molecule has 144 valence electrons. The molecule has 26 heavy (non-hydrogen) atoms. The van der Waals surface area contributed by atoms with Crippen molar-refractivity contribution in [2.24, 2.45) is 0 Å². The van der Waals surface area contributed by atoms with Gasteiger partial charge in [0, 0.05) is 32.5 Å². The van der Waals surface area contributed by atoms with Crippen LogP contribution in [0.5, 0.6) is 5.75 Å². The second kappa shape index (κ2) is 8.28. The second-order valence-electron chi connectivity index (χ2n) is 6.68. The Balaban J connectivity index is 1.50. The van der Waals surface area contributed by atoms with Gasteiger partial charge in [0.1, 0.15) is 5.75 Å². The number of hydrogen-bond acceptors (Lipinski definition) is 5. The third-order valence-electron chi connectivity index (χ3n) is 5.01. The van der Waals surface area contributed by atoms with Crippen molar-refractivity contribution in [3.63, 3.8) is 0 Å². The number of benzene rings is 1. The molecular weight excluding hydrogens is 346 g/mol. The molecule has 2 fully saturated rings. The first-order valence-corrected chi connectivity index (χ1v) is 8.74. The quantitative estimate of drug-likeness (QED) is 0.834. The van der Waals surface area contributed by atoms with Crippen LogP contribution in [0.4, 0.5) is 14.5 Å². The van der Waals surface area contributed by atoms with E-state index < -0.39 is 6.61 Å². The van der Waals surface area contributed by atoms with Crippen molar-refractivity contribution >= 4 is 11.6 Å². The van der Waals surface area contributed by atoms with E-state index in [4.69, 9.17) is 9.47 Å². The molecule has 1 aromatic rings. The summed E-state index contributed by atoms with van der Waals surface area (Å²) < 4.78 is 40.2. The van der Waals surface area contributed by atoms with E-state index in [-0.39, 0.29) is 29.9 Å². The van der Waals surface area contributed by atoms with E-state index in [1.807, 2.05) is 4.90 Å². The van der Waals surface area contributed by atoms with E-state index >= 15 is 0 Å². The SMILES string of the molecule is CO[C@@H]1CN(CC(=O)Nc2ccc(OC(F)F)cc2)CC[C@@]12CCCO2. The highest BCUT2D eigenvalue weighted by molar-refractivity contribution is 5.92. The van der Waals surface area contributed by atoms with Crippen molar-refractivity contribution in [3.8, 4) is 5.75 Å². The van der Waals surface area contributed by atoms with Crippen molar-refractivity contribution in [2.45, 2.75) is 37.6 Å². The minimum atomic E-state index is -2.87. The maximum Gasteiger partial charge on any atom is 0.387 e. The number of nitrogens with zero attached hydrogens (tertiary/aromatic N) is 1. The number of piperidine rings is 1. The van der Waals surface area contributed by atoms with Crippen molar-refractivity contribution < 1.29 is 27.8 Å². The first-order valence-electron chi connectivity index (χ1n) is 8.74. The van der Waals surface area contributed by atoms with Crippen LogP contribution in [-0.4, -0.2) is 62.5 Å². The molecule has 0 saturated carbocycles. The molecule has 0 unspecified atom stereocenters. The molecule has 1 aromatic carbocycles. The molecule has 2 aliphatic rings. The molecule has 1 N–H and O–H groups in total. The third-order valence-corrected chi connectivity index (χ3v) is 5.01. The number of likely N-dealkylation sites (tertiary alicyclic amines) is 1. The molecule has 2 aliphatic heterocycles. The van der Waals surface area contributed by atoms with Gasteiger partial charge in [-0.05, 0) is 43.5 Å². The molecule has 1 amide bonds. The Morgan fingerprint density at radius 2 is 2.15 bits per heavy atom. The molecule has 1 spiro atoms. The zero-order valence-corrected chi connectivity index (χ0v) is 14.7. The summed E-state index contributed by atoms with van der Waals surface area (Å²) in [5, 5.41) is 2.77. The molecule has 2 saturated heterocycles. The predicted molar refractivity (Wildman–Crippen MR) is 91.5 cm³/mol. The van der Waals surface area contributed by atoms with Gasteiger partial charge < -0.3 is 19.5 Å². The summed E-state index contributed by atoms with van der Waals surface area (Å²) in [6.45, 7) is -0.438. The molecule has 8 heteroatoms. The van der Waals surface area contributed by atoms with Gasteiger partial charge in [0.05, 0.1) is 18.2 Å². The average Bonchev–Trinajstić information content (AvgIpc) is 3.07. The zero-order valence-electron chi connectivity index (χ0n) is 14.7. The van der Waals surface area contributed by atoms with Gasteiger partial charge in [0.2, 0.25) is 5.91 Å². The number of alkyl halides is 2. The van der Waals surface area contributed by atoms with Crippen molar-refractivity contribution in [2.75, 3.05) is 38.7 Å². The Hall–Kier alpha value is -1.77. The monoisotopic (exact) mass is 370 g/mol. The van der Waals surface area contributed by atoms with E-state index in [0.29, 0.717) is 12.2 Å². The number of hydrogen-bond donors (Lipinski definition) is 1. The largest absolute Gasteiger partial charge is 0.435 e. The summed E-state index contributed by atoms with van der Waals surface area (Å²) in [5.41, 5.74) is 0.329. The smallest absolute Gasteiger partial charge is 0.387 e. The lowest BCUT2D eigenvalue weighted by molar-refractivity contribution is -0.145. The van der Waals surface area contributed by atoms with Gasteiger partial charge >= 0.3 is 6.61 Å². The fourth-order valence-electron chi connectivity index (χ4n) is 3.73. The molecule has 2 heterocycles. The van der Waals surface area contributed by atoms with Gasteiger partial charge in [-0.1, -0.05) is 0 Å². The molecule has 3 rings (SSSR count). The fraction of sp³-hybridized carbons (Fsp3) is 0.611. The van der Waals surface area contributed by atoms with Crippen molar-refractivity contribution in [1.82, 2.24) is 4.90 Å². The molecule has 2 atom stereocenters. The molecule has 0 aliphatic carbocycles. The third kappa shape index (κ3) is 4.49. The predicted octanol–water partition coefficient (Wildman–Crippen LogP) is 2.50. The summed E-state index contributed by atoms with van der Waals surface area (Å²) in [6, 6.07) is 5.85. The number of methoxy groups -OCH3 is 1. The highest BCUT2D eigenvalue weighted by Crippen LogP contribution is 2.37. The molecular formula is C18H24F2N2O4. The maximum atomic E-state index is 12.3. The Morgan fingerprint density at radius 3 is 2.77 bits per heavy atom. The Labute approximate surface area is 151 Å². The summed E-state index contributed by atoms with van der Waals surface area (Å²) >= 11 is 0. The van der Waals surface area contributed by atoms with Gasteiger partial charge in [-0.3, -0.25) is 9.69 Å². The van der Waals surface area contributed by atoms with Crippen LogP contribution in [0.15, 0.2) is 24.3 Å². The van der Waals surface area contributed by atoms with Crippen LogP contribution < -0.4 is 10.1 Å². The number of amides is 1. The Morgan fingerprint density at radius 1 is 1.38 bits per heavy atom. The van der Waals surface area contributed by atoms with E-state index in [0.717, 1.165) is 32.4 Å². The first kappa shape index (κ1) is 19.0. The summed E-state index contributed by atoms with van der Waals surface area (Å²) in [5.74, 6) is -0.107. The fourth-order valence-corrected chi connectivity index (χ4v) is 3.73.